The predicted octanol–water partition coefficient (Wildman–Crippen LogP) is 4.25. The van der Waals surface area contributed by atoms with Gasteiger partial charge in [-0.1, -0.05) is 23.7 Å². The van der Waals surface area contributed by atoms with Crippen LogP contribution in [-0.2, 0) is 6.18 Å². The van der Waals surface area contributed by atoms with Crippen molar-refractivity contribution >= 4 is 11.6 Å². The largest absolute Gasteiger partial charge is 0.438 e. The van der Waals surface area contributed by atoms with Crippen LogP contribution in [0.15, 0.2) is 30.6 Å². The number of hydrogen-bond acceptors (Lipinski definition) is 3. The van der Waals surface area contributed by atoms with Crippen molar-refractivity contribution in [3.63, 3.8) is 0 Å². The summed E-state index contributed by atoms with van der Waals surface area (Å²) in [6.45, 7) is 1.56. The van der Waals surface area contributed by atoms with Crippen molar-refractivity contribution < 1.29 is 17.9 Å². The van der Waals surface area contributed by atoms with E-state index in [-0.39, 0.29) is 16.8 Å². The highest BCUT2D eigenvalue weighted by Gasteiger charge is 2.34. The molecule has 0 N–H and O–H groups in total. The summed E-state index contributed by atoms with van der Waals surface area (Å²) in [4.78, 5) is 7.48. The van der Waals surface area contributed by atoms with Crippen LogP contribution in [0.3, 0.4) is 0 Å². The van der Waals surface area contributed by atoms with Gasteiger partial charge >= 0.3 is 6.18 Å². The first-order chi connectivity index (χ1) is 8.89. The van der Waals surface area contributed by atoms with E-state index in [4.69, 9.17) is 16.3 Å². The zero-order valence-electron chi connectivity index (χ0n) is 9.70. The lowest BCUT2D eigenvalue weighted by Gasteiger charge is -2.13. The molecule has 0 radical (unpaired) electrons. The molecule has 19 heavy (non-hydrogen) atoms. The van der Waals surface area contributed by atoms with Gasteiger partial charge in [0, 0.05) is 5.56 Å². The summed E-state index contributed by atoms with van der Waals surface area (Å²) >= 11 is 5.76. The standard InChI is InChI=1S/C12H8ClF3N2O/c1-7-10(13)17-6-18-11(7)19-9-5-3-2-4-8(9)12(14,15)16/h2-6H,1H3. The van der Waals surface area contributed by atoms with Gasteiger partial charge < -0.3 is 4.74 Å². The molecule has 0 spiro atoms. The molecule has 0 amide bonds. The fraction of sp³-hybridized carbons (Fsp3) is 0.167. The minimum absolute atomic E-state index is 0.00306. The zero-order chi connectivity index (χ0) is 14.0. The summed E-state index contributed by atoms with van der Waals surface area (Å²) in [6, 6.07) is 4.89. The number of para-hydroxylation sites is 1. The van der Waals surface area contributed by atoms with Crippen LogP contribution < -0.4 is 4.74 Å². The molecule has 0 aliphatic heterocycles. The van der Waals surface area contributed by atoms with E-state index in [0.29, 0.717) is 5.56 Å². The first-order valence-corrected chi connectivity index (χ1v) is 5.58. The van der Waals surface area contributed by atoms with Gasteiger partial charge in [-0.15, -0.1) is 0 Å². The second kappa shape index (κ2) is 5.05. The zero-order valence-corrected chi connectivity index (χ0v) is 10.5. The molecule has 1 aromatic carbocycles. The molecular weight excluding hydrogens is 281 g/mol. The van der Waals surface area contributed by atoms with Crippen molar-refractivity contribution in [2.45, 2.75) is 13.1 Å². The lowest BCUT2D eigenvalue weighted by atomic mass is 10.2. The minimum atomic E-state index is -4.50. The van der Waals surface area contributed by atoms with Gasteiger partial charge in [0.2, 0.25) is 5.88 Å². The topological polar surface area (TPSA) is 35.0 Å². The van der Waals surface area contributed by atoms with Crippen LogP contribution in [0.25, 0.3) is 0 Å². The Kier molecular flexibility index (Phi) is 3.61. The van der Waals surface area contributed by atoms with E-state index in [9.17, 15) is 13.2 Å². The van der Waals surface area contributed by atoms with Crippen molar-refractivity contribution in [1.29, 1.82) is 0 Å². The quantitative estimate of drug-likeness (QED) is 0.775. The van der Waals surface area contributed by atoms with E-state index in [1.165, 1.54) is 18.2 Å². The highest BCUT2D eigenvalue weighted by molar-refractivity contribution is 6.30. The lowest BCUT2D eigenvalue weighted by molar-refractivity contribution is -0.138. The smallest absolute Gasteiger partial charge is 0.419 e. The second-order valence-electron chi connectivity index (χ2n) is 3.69. The molecule has 100 valence electrons. The molecule has 3 nitrogen and oxygen atoms in total. The van der Waals surface area contributed by atoms with E-state index in [2.05, 4.69) is 9.97 Å². The number of benzene rings is 1. The number of hydrogen-bond donors (Lipinski definition) is 0. The van der Waals surface area contributed by atoms with Gasteiger partial charge in [-0.25, -0.2) is 9.97 Å². The van der Waals surface area contributed by atoms with Gasteiger partial charge in [0.1, 0.15) is 17.2 Å². The summed E-state index contributed by atoms with van der Waals surface area (Å²) < 4.78 is 43.6. The monoisotopic (exact) mass is 288 g/mol. The third kappa shape index (κ3) is 2.96. The van der Waals surface area contributed by atoms with Gasteiger partial charge in [-0.2, -0.15) is 13.2 Å². The maximum absolute atomic E-state index is 12.8. The van der Waals surface area contributed by atoms with Crippen LogP contribution in [0, 0.1) is 6.92 Å². The molecule has 2 aromatic rings. The van der Waals surface area contributed by atoms with Gasteiger partial charge in [-0.05, 0) is 19.1 Å². The molecule has 0 fully saturated rings. The Morgan fingerprint density at radius 1 is 1.16 bits per heavy atom. The maximum atomic E-state index is 12.8. The lowest BCUT2D eigenvalue weighted by Crippen LogP contribution is -2.07. The van der Waals surface area contributed by atoms with Gasteiger partial charge in [-0.3, -0.25) is 0 Å². The fourth-order valence-corrected chi connectivity index (χ4v) is 1.54. The molecule has 2 rings (SSSR count). The molecule has 0 bridgehead atoms. The molecule has 0 saturated carbocycles. The Labute approximate surface area is 112 Å². The van der Waals surface area contributed by atoms with Crippen LogP contribution in [0.1, 0.15) is 11.1 Å². The van der Waals surface area contributed by atoms with Crippen molar-refractivity contribution in [3.8, 4) is 11.6 Å². The Morgan fingerprint density at radius 2 is 1.84 bits per heavy atom. The van der Waals surface area contributed by atoms with Crippen molar-refractivity contribution in [2.24, 2.45) is 0 Å². The molecule has 1 heterocycles. The number of alkyl halides is 3. The summed E-state index contributed by atoms with van der Waals surface area (Å²) in [5.41, 5.74) is -0.495. The Balaban J connectivity index is 2.42. The van der Waals surface area contributed by atoms with E-state index in [0.717, 1.165) is 12.4 Å². The molecular formula is C12H8ClF3N2O. The van der Waals surface area contributed by atoms with Crippen LogP contribution >= 0.6 is 11.6 Å². The van der Waals surface area contributed by atoms with Crippen LogP contribution in [0.4, 0.5) is 13.2 Å². The number of aromatic nitrogens is 2. The summed E-state index contributed by atoms with van der Waals surface area (Å²) in [5, 5.41) is 0.134. The van der Waals surface area contributed by atoms with Gasteiger partial charge in [0.15, 0.2) is 0 Å². The highest BCUT2D eigenvalue weighted by Crippen LogP contribution is 2.38. The molecule has 7 heteroatoms. The molecule has 1 aromatic heterocycles. The summed E-state index contributed by atoms with van der Waals surface area (Å²) in [7, 11) is 0. The average molecular weight is 289 g/mol. The van der Waals surface area contributed by atoms with E-state index in [1.807, 2.05) is 0 Å². The first kappa shape index (κ1) is 13.6. The normalized spacial score (nSPS) is 11.4. The molecule has 0 aliphatic rings. The summed E-state index contributed by atoms with van der Waals surface area (Å²) in [6.07, 6.45) is -3.37. The highest BCUT2D eigenvalue weighted by atomic mass is 35.5. The van der Waals surface area contributed by atoms with E-state index >= 15 is 0 Å². The Morgan fingerprint density at radius 3 is 2.53 bits per heavy atom. The van der Waals surface area contributed by atoms with Crippen LogP contribution in [0.2, 0.25) is 5.15 Å². The second-order valence-corrected chi connectivity index (χ2v) is 4.05. The third-order valence-electron chi connectivity index (χ3n) is 2.38. The first-order valence-electron chi connectivity index (χ1n) is 5.21. The predicted molar refractivity (Wildman–Crippen MR) is 63.3 cm³/mol. The van der Waals surface area contributed by atoms with E-state index < -0.39 is 11.7 Å². The third-order valence-corrected chi connectivity index (χ3v) is 2.76. The molecule has 0 unspecified atom stereocenters. The van der Waals surface area contributed by atoms with E-state index in [1.54, 1.807) is 6.92 Å². The molecule has 0 atom stereocenters. The maximum Gasteiger partial charge on any atom is 0.419 e. The van der Waals surface area contributed by atoms with Crippen LogP contribution in [0.5, 0.6) is 11.6 Å². The Bertz CT molecular complexity index is 602. The number of nitrogens with zero attached hydrogens (tertiary/aromatic N) is 2. The van der Waals surface area contributed by atoms with Crippen molar-refractivity contribution in [1.82, 2.24) is 9.97 Å². The number of halogens is 4. The molecule has 0 saturated heterocycles. The van der Waals surface area contributed by atoms with Crippen LogP contribution in [-0.4, -0.2) is 9.97 Å². The average Bonchev–Trinajstić information content (AvgIpc) is 2.34. The Hall–Kier alpha value is -1.82. The number of ether oxygens (including phenoxy) is 1. The number of rotatable bonds is 2. The minimum Gasteiger partial charge on any atom is -0.438 e. The SMILES string of the molecule is Cc1c(Cl)ncnc1Oc1ccccc1C(F)(F)F. The molecule has 0 aliphatic carbocycles. The van der Waals surface area contributed by atoms with Crippen molar-refractivity contribution in [2.75, 3.05) is 0 Å². The summed E-state index contributed by atoms with van der Waals surface area (Å²) in [5.74, 6) is -0.329. The fourth-order valence-electron chi connectivity index (χ4n) is 1.41. The van der Waals surface area contributed by atoms with Crippen molar-refractivity contribution in [3.05, 3.63) is 46.9 Å². The van der Waals surface area contributed by atoms with Gasteiger partial charge in [0.25, 0.3) is 0 Å². The van der Waals surface area contributed by atoms with Gasteiger partial charge in [0.05, 0.1) is 5.56 Å².